The molecule has 1 aromatic rings. The van der Waals surface area contributed by atoms with E-state index < -0.39 is 0 Å². The first-order chi connectivity index (χ1) is 8.79. The van der Waals surface area contributed by atoms with Gasteiger partial charge in [0, 0.05) is 32.2 Å². The molecule has 1 saturated carbocycles. The fraction of sp³-hybridized carbons (Fsp3) is 0.692. The molecule has 0 amide bonds. The lowest BCUT2D eigenvalue weighted by Gasteiger charge is -2.06. The summed E-state index contributed by atoms with van der Waals surface area (Å²) in [6.07, 6.45) is 5.55. The Bertz CT molecular complexity index is 426. The minimum Gasteiger partial charge on any atom is -0.385 e. The van der Waals surface area contributed by atoms with Gasteiger partial charge < -0.3 is 15.0 Å². The number of hydrogen-bond acceptors (Lipinski definition) is 4. The zero-order chi connectivity index (χ0) is 12.8. The minimum absolute atomic E-state index is 0.0613. The van der Waals surface area contributed by atoms with Crippen LogP contribution in [0.5, 0.6) is 0 Å². The molecule has 2 rings (SSSR count). The molecule has 1 fully saturated rings. The van der Waals surface area contributed by atoms with Crippen LogP contribution in [0.15, 0.2) is 10.9 Å². The molecule has 1 heterocycles. The molecule has 0 bridgehead atoms. The number of unbranched alkanes of at least 4 members (excludes halogenated alkanes) is 2. The maximum Gasteiger partial charge on any atom is 0.252 e. The van der Waals surface area contributed by atoms with Crippen LogP contribution in [0.4, 0.5) is 5.82 Å². The van der Waals surface area contributed by atoms with Crippen molar-refractivity contribution >= 4 is 5.82 Å². The number of nitrogens with zero attached hydrogens (tertiary/aromatic N) is 1. The molecular weight excluding hydrogens is 230 g/mol. The van der Waals surface area contributed by atoms with Gasteiger partial charge in [0.2, 0.25) is 0 Å². The van der Waals surface area contributed by atoms with Crippen LogP contribution in [0.3, 0.4) is 0 Å². The second-order valence-electron chi connectivity index (χ2n) is 4.77. The minimum atomic E-state index is -0.0613. The SMILES string of the molecule is COCCCCCNc1cc(=O)[nH]c(C2CC2)n1. The first kappa shape index (κ1) is 13.1. The second kappa shape index (κ2) is 6.54. The fourth-order valence-corrected chi connectivity index (χ4v) is 1.88. The van der Waals surface area contributed by atoms with Crippen molar-refractivity contribution in [1.29, 1.82) is 0 Å². The largest absolute Gasteiger partial charge is 0.385 e. The average Bonchev–Trinajstić information content (AvgIpc) is 3.17. The highest BCUT2D eigenvalue weighted by Gasteiger charge is 2.26. The van der Waals surface area contributed by atoms with E-state index in [2.05, 4.69) is 15.3 Å². The molecule has 0 spiro atoms. The van der Waals surface area contributed by atoms with Gasteiger partial charge >= 0.3 is 0 Å². The van der Waals surface area contributed by atoms with Gasteiger partial charge in [-0.3, -0.25) is 4.79 Å². The highest BCUT2D eigenvalue weighted by atomic mass is 16.5. The summed E-state index contributed by atoms with van der Waals surface area (Å²) in [5, 5.41) is 3.21. The van der Waals surface area contributed by atoms with Gasteiger partial charge in [0.1, 0.15) is 11.6 Å². The summed E-state index contributed by atoms with van der Waals surface area (Å²) in [7, 11) is 1.72. The van der Waals surface area contributed by atoms with Gasteiger partial charge in [0.15, 0.2) is 0 Å². The second-order valence-corrected chi connectivity index (χ2v) is 4.77. The highest BCUT2D eigenvalue weighted by molar-refractivity contribution is 5.33. The molecule has 0 aliphatic heterocycles. The normalized spacial score (nSPS) is 14.7. The monoisotopic (exact) mass is 251 g/mol. The third kappa shape index (κ3) is 4.14. The number of anilines is 1. The van der Waals surface area contributed by atoms with Crippen LogP contribution in [0.25, 0.3) is 0 Å². The van der Waals surface area contributed by atoms with Crippen molar-refractivity contribution in [2.24, 2.45) is 0 Å². The van der Waals surface area contributed by atoms with Gasteiger partial charge in [-0.1, -0.05) is 0 Å². The Labute approximate surface area is 107 Å². The number of hydrogen-bond donors (Lipinski definition) is 2. The molecule has 5 nitrogen and oxygen atoms in total. The molecule has 5 heteroatoms. The molecule has 100 valence electrons. The third-order valence-corrected chi connectivity index (χ3v) is 3.06. The van der Waals surface area contributed by atoms with Gasteiger partial charge in [0.25, 0.3) is 5.56 Å². The van der Waals surface area contributed by atoms with Crippen molar-refractivity contribution in [3.05, 3.63) is 22.2 Å². The van der Waals surface area contributed by atoms with E-state index in [1.807, 2.05) is 0 Å². The molecule has 0 saturated heterocycles. The molecular formula is C13H21N3O2. The predicted octanol–water partition coefficient (Wildman–Crippen LogP) is 1.88. The van der Waals surface area contributed by atoms with Gasteiger partial charge in [-0.25, -0.2) is 4.98 Å². The topological polar surface area (TPSA) is 67.0 Å². The summed E-state index contributed by atoms with van der Waals surface area (Å²) in [6.45, 7) is 1.67. The Kier molecular flexibility index (Phi) is 4.75. The molecule has 1 aliphatic rings. The van der Waals surface area contributed by atoms with Gasteiger partial charge in [-0.05, 0) is 32.1 Å². The molecule has 0 radical (unpaired) electrons. The number of H-pyrrole nitrogens is 1. The van der Waals surface area contributed by atoms with Gasteiger partial charge in [-0.2, -0.15) is 0 Å². The van der Waals surface area contributed by atoms with Crippen LogP contribution < -0.4 is 10.9 Å². The molecule has 1 aliphatic carbocycles. The Balaban J connectivity index is 1.76. The standard InChI is InChI=1S/C13H21N3O2/c1-18-8-4-2-3-7-14-11-9-12(17)16-13(15-11)10-5-6-10/h9-10H,2-8H2,1H3,(H2,14,15,16,17). The zero-order valence-electron chi connectivity index (χ0n) is 10.9. The van der Waals surface area contributed by atoms with E-state index in [-0.39, 0.29) is 5.56 Å². The molecule has 2 N–H and O–H groups in total. The molecule has 0 atom stereocenters. The van der Waals surface area contributed by atoms with Crippen molar-refractivity contribution in [3.8, 4) is 0 Å². The van der Waals surface area contributed by atoms with Crippen LogP contribution >= 0.6 is 0 Å². The van der Waals surface area contributed by atoms with Gasteiger partial charge in [-0.15, -0.1) is 0 Å². The summed E-state index contributed by atoms with van der Waals surface area (Å²) in [5.74, 6) is 2.01. The Morgan fingerprint density at radius 2 is 2.28 bits per heavy atom. The number of nitrogens with one attached hydrogen (secondary N) is 2. The number of aromatic nitrogens is 2. The summed E-state index contributed by atoms with van der Waals surface area (Å²) in [5.41, 5.74) is -0.0613. The van der Waals surface area contributed by atoms with Crippen LogP contribution in [0.1, 0.15) is 43.8 Å². The zero-order valence-corrected chi connectivity index (χ0v) is 10.9. The van der Waals surface area contributed by atoms with Gasteiger partial charge in [0.05, 0.1) is 0 Å². The van der Waals surface area contributed by atoms with Crippen molar-refractivity contribution in [1.82, 2.24) is 9.97 Å². The van der Waals surface area contributed by atoms with E-state index >= 15 is 0 Å². The van der Waals surface area contributed by atoms with Crippen molar-refractivity contribution in [2.45, 2.75) is 38.0 Å². The van der Waals surface area contributed by atoms with E-state index in [1.54, 1.807) is 7.11 Å². The van der Waals surface area contributed by atoms with Crippen LogP contribution in [0, 0.1) is 0 Å². The van der Waals surface area contributed by atoms with E-state index in [1.165, 1.54) is 6.07 Å². The summed E-state index contributed by atoms with van der Waals surface area (Å²) < 4.78 is 4.99. The first-order valence-electron chi connectivity index (χ1n) is 6.63. The van der Waals surface area contributed by atoms with E-state index in [0.717, 1.165) is 51.1 Å². The summed E-state index contributed by atoms with van der Waals surface area (Å²) in [4.78, 5) is 18.7. The number of rotatable bonds is 8. The number of ether oxygens (including phenoxy) is 1. The summed E-state index contributed by atoms with van der Waals surface area (Å²) in [6, 6.07) is 1.53. The third-order valence-electron chi connectivity index (χ3n) is 3.06. The molecule has 0 aromatic carbocycles. The van der Waals surface area contributed by atoms with Crippen LogP contribution in [-0.2, 0) is 4.74 Å². The quantitative estimate of drug-likeness (QED) is 0.692. The lowest BCUT2D eigenvalue weighted by molar-refractivity contribution is 0.192. The smallest absolute Gasteiger partial charge is 0.252 e. The lowest BCUT2D eigenvalue weighted by Crippen LogP contribution is -2.14. The maximum absolute atomic E-state index is 11.5. The van der Waals surface area contributed by atoms with Crippen LogP contribution in [-0.4, -0.2) is 30.2 Å². The van der Waals surface area contributed by atoms with Crippen molar-refractivity contribution in [2.75, 3.05) is 25.6 Å². The first-order valence-corrected chi connectivity index (χ1v) is 6.63. The Hall–Kier alpha value is -1.36. The van der Waals surface area contributed by atoms with E-state index in [0.29, 0.717) is 11.7 Å². The fourth-order valence-electron chi connectivity index (χ4n) is 1.88. The van der Waals surface area contributed by atoms with Crippen LogP contribution in [0.2, 0.25) is 0 Å². The molecule has 18 heavy (non-hydrogen) atoms. The van der Waals surface area contributed by atoms with Crippen molar-refractivity contribution < 1.29 is 4.74 Å². The number of aromatic amines is 1. The lowest BCUT2D eigenvalue weighted by atomic mass is 10.2. The highest BCUT2D eigenvalue weighted by Crippen LogP contribution is 2.37. The Morgan fingerprint density at radius 1 is 1.44 bits per heavy atom. The summed E-state index contributed by atoms with van der Waals surface area (Å²) >= 11 is 0. The maximum atomic E-state index is 11.5. The van der Waals surface area contributed by atoms with E-state index in [9.17, 15) is 4.79 Å². The predicted molar refractivity (Wildman–Crippen MR) is 71.0 cm³/mol. The molecule has 0 unspecified atom stereocenters. The van der Waals surface area contributed by atoms with Crippen molar-refractivity contribution in [3.63, 3.8) is 0 Å². The molecule has 1 aromatic heterocycles. The Morgan fingerprint density at radius 3 is 3.00 bits per heavy atom. The van der Waals surface area contributed by atoms with E-state index in [4.69, 9.17) is 4.74 Å². The number of methoxy groups -OCH3 is 1. The average molecular weight is 251 g/mol.